The molecule has 0 atom stereocenters. The summed E-state index contributed by atoms with van der Waals surface area (Å²) in [5.74, 6) is 0.579. The van der Waals surface area contributed by atoms with Gasteiger partial charge in [-0.2, -0.15) is 5.26 Å². The Morgan fingerprint density at radius 2 is 1.89 bits per heavy atom. The lowest BCUT2D eigenvalue weighted by molar-refractivity contribution is 0.885. The van der Waals surface area contributed by atoms with Gasteiger partial charge in [0.15, 0.2) is 11.5 Å². The van der Waals surface area contributed by atoms with E-state index in [1.165, 1.54) is 6.20 Å². The minimum atomic E-state index is 0.328. The van der Waals surface area contributed by atoms with Crippen LogP contribution in [0.15, 0.2) is 36.7 Å². The van der Waals surface area contributed by atoms with E-state index in [2.05, 4.69) is 9.97 Å². The smallest absolute Gasteiger partial charge is 0.183 e. The predicted octanol–water partition coefficient (Wildman–Crippen LogP) is 2.64. The number of hydrogen-bond acceptors (Lipinski definition) is 4. The van der Waals surface area contributed by atoms with E-state index in [-0.39, 0.29) is 0 Å². The summed E-state index contributed by atoms with van der Waals surface area (Å²) < 4.78 is 0. The molecule has 0 N–H and O–H groups in total. The number of nitriles is 1. The highest BCUT2D eigenvalue weighted by atomic mass is 35.5. The van der Waals surface area contributed by atoms with Gasteiger partial charge in [0.1, 0.15) is 6.07 Å². The van der Waals surface area contributed by atoms with E-state index in [0.717, 1.165) is 5.56 Å². The number of rotatable bonds is 3. The number of hydrogen-bond donors (Lipinski definition) is 0. The fourth-order valence-corrected chi connectivity index (χ4v) is 1.75. The fourth-order valence-electron chi connectivity index (χ4n) is 1.63. The topological polar surface area (TPSA) is 52.8 Å². The Labute approximate surface area is 110 Å². The van der Waals surface area contributed by atoms with Crippen LogP contribution < -0.4 is 4.90 Å². The summed E-state index contributed by atoms with van der Waals surface area (Å²) in [7, 11) is 1.87. The van der Waals surface area contributed by atoms with Crippen LogP contribution in [0.25, 0.3) is 0 Å². The summed E-state index contributed by atoms with van der Waals surface area (Å²) in [6.07, 6.45) is 3.09. The van der Waals surface area contributed by atoms with Gasteiger partial charge in [-0.3, -0.25) is 0 Å². The Kier molecular flexibility index (Phi) is 3.75. The van der Waals surface area contributed by atoms with Crippen LogP contribution in [0.5, 0.6) is 0 Å². The second kappa shape index (κ2) is 5.48. The van der Waals surface area contributed by atoms with Crippen LogP contribution in [0.1, 0.15) is 11.3 Å². The van der Waals surface area contributed by atoms with Gasteiger partial charge in [0.25, 0.3) is 0 Å². The first-order valence-electron chi connectivity index (χ1n) is 5.37. The molecule has 0 fully saturated rings. The van der Waals surface area contributed by atoms with Crippen molar-refractivity contribution in [3.63, 3.8) is 0 Å². The van der Waals surface area contributed by atoms with Crippen molar-refractivity contribution in [2.24, 2.45) is 0 Å². The maximum atomic E-state index is 8.97. The Morgan fingerprint density at radius 3 is 2.56 bits per heavy atom. The lowest BCUT2D eigenvalue weighted by Gasteiger charge is -2.18. The van der Waals surface area contributed by atoms with Crippen molar-refractivity contribution < 1.29 is 0 Å². The molecule has 4 nitrogen and oxygen atoms in total. The van der Waals surface area contributed by atoms with Gasteiger partial charge in [-0.25, -0.2) is 9.97 Å². The highest BCUT2D eigenvalue weighted by Gasteiger charge is 2.09. The molecular weight excluding hydrogens is 248 g/mol. The van der Waals surface area contributed by atoms with Crippen molar-refractivity contribution >= 4 is 17.4 Å². The van der Waals surface area contributed by atoms with E-state index >= 15 is 0 Å². The normalized spacial score (nSPS) is 9.83. The van der Waals surface area contributed by atoms with Crippen molar-refractivity contribution in [1.82, 2.24) is 9.97 Å². The standard InChI is InChI=1S/C13H11ClN4/c1-18(9-10-2-4-11(14)5-3-10)13-12(8-15)16-6-7-17-13/h2-7H,9H2,1H3. The number of anilines is 1. The molecule has 0 saturated carbocycles. The van der Waals surface area contributed by atoms with Crippen LogP contribution in [0.4, 0.5) is 5.82 Å². The van der Waals surface area contributed by atoms with Crippen molar-refractivity contribution in [3.8, 4) is 6.07 Å². The zero-order valence-electron chi connectivity index (χ0n) is 9.84. The Morgan fingerprint density at radius 1 is 1.22 bits per heavy atom. The lowest BCUT2D eigenvalue weighted by atomic mass is 10.2. The van der Waals surface area contributed by atoms with E-state index in [4.69, 9.17) is 16.9 Å². The van der Waals surface area contributed by atoms with Gasteiger partial charge < -0.3 is 4.90 Å². The molecule has 1 aromatic carbocycles. The van der Waals surface area contributed by atoms with Gasteiger partial charge in [-0.1, -0.05) is 23.7 Å². The van der Waals surface area contributed by atoms with E-state index in [1.807, 2.05) is 42.3 Å². The van der Waals surface area contributed by atoms with E-state index in [1.54, 1.807) is 6.20 Å². The predicted molar refractivity (Wildman–Crippen MR) is 70.3 cm³/mol. The van der Waals surface area contributed by atoms with Crippen LogP contribution in [0, 0.1) is 11.3 Å². The number of halogens is 1. The summed E-state index contributed by atoms with van der Waals surface area (Å²) in [5, 5.41) is 9.68. The molecular formula is C13H11ClN4. The molecule has 18 heavy (non-hydrogen) atoms. The molecule has 1 heterocycles. The maximum absolute atomic E-state index is 8.97. The van der Waals surface area contributed by atoms with Crippen molar-refractivity contribution in [2.75, 3.05) is 11.9 Å². The molecule has 0 radical (unpaired) electrons. The molecule has 90 valence electrons. The minimum Gasteiger partial charge on any atom is -0.353 e. The summed E-state index contributed by atoms with van der Waals surface area (Å²) in [5.41, 5.74) is 1.42. The molecule has 0 aliphatic rings. The first-order valence-corrected chi connectivity index (χ1v) is 5.75. The molecule has 0 unspecified atom stereocenters. The molecule has 0 saturated heterocycles. The summed E-state index contributed by atoms with van der Waals surface area (Å²) in [6.45, 7) is 0.643. The van der Waals surface area contributed by atoms with Crippen molar-refractivity contribution in [3.05, 3.63) is 52.9 Å². The summed E-state index contributed by atoms with van der Waals surface area (Å²) >= 11 is 5.83. The first kappa shape index (κ1) is 12.3. The lowest BCUT2D eigenvalue weighted by Crippen LogP contribution is -2.19. The number of aromatic nitrogens is 2. The molecule has 0 aliphatic heterocycles. The van der Waals surface area contributed by atoms with Gasteiger partial charge >= 0.3 is 0 Å². The highest BCUT2D eigenvalue weighted by Crippen LogP contribution is 2.16. The molecule has 0 spiro atoms. The van der Waals surface area contributed by atoms with E-state index in [9.17, 15) is 0 Å². The SMILES string of the molecule is CN(Cc1ccc(Cl)cc1)c1nccnc1C#N. The molecule has 2 aromatic rings. The van der Waals surface area contributed by atoms with Crippen molar-refractivity contribution in [1.29, 1.82) is 5.26 Å². The van der Waals surface area contributed by atoms with Crippen LogP contribution in [0.2, 0.25) is 5.02 Å². The highest BCUT2D eigenvalue weighted by molar-refractivity contribution is 6.30. The average molecular weight is 259 g/mol. The summed E-state index contributed by atoms with van der Waals surface area (Å²) in [6, 6.07) is 9.61. The number of nitrogens with zero attached hydrogens (tertiary/aromatic N) is 4. The first-order chi connectivity index (χ1) is 8.70. The molecule has 0 aliphatic carbocycles. The monoisotopic (exact) mass is 258 g/mol. The van der Waals surface area contributed by atoms with Gasteiger partial charge in [0.05, 0.1) is 0 Å². The van der Waals surface area contributed by atoms with Gasteiger partial charge in [0, 0.05) is 31.0 Å². The quantitative estimate of drug-likeness (QED) is 0.849. The second-order valence-electron chi connectivity index (χ2n) is 3.82. The van der Waals surface area contributed by atoms with Crippen molar-refractivity contribution in [2.45, 2.75) is 6.54 Å². The van der Waals surface area contributed by atoms with Crippen LogP contribution >= 0.6 is 11.6 Å². The fraction of sp³-hybridized carbons (Fsp3) is 0.154. The van der Waals surface area contributed by atoms with Gasteiger partial charge in [-0.05, 0) is 17.7 Å². The largest absolute Gasteiger partial charge is 0.353 e. The number of benzene rings is 1. The maximum Gasteiger partial charge on any atom is 0.183 e. The van der Waals surface area contributed by atoms with E-state index in [0.29, 0.717) is 23.1 Å². The zero-order valence-corrected chi connectivity index (χ0v) is 10.6. The average Bonchev–Trinajstić information content (AvgIpc) is 2.41. The van der Waals surface area contributed by atoms with Gasteiger partial charge in [0.2, 0.25) is 0 Å². The molecule has 0 bridgehead atoms. The van der Waals surface area contributed by atoms with E-state index < -0.39 is 0 Å². The van der Waals surface area contributed by atoms with Gasteiger partial charge in [-0.15, -0.1) is 0 Å². The van der Waals surface area contributed by atoms with Crippen LogP contribution in [-0.2, 0) is 6.54 Å². The molecule has 0 amide bonds. The zero-order chi connectivity index (χ0) is 13.0. The second-order valence-corrected chi connectivity index (χ2v) is 4.26. The third-order valence-electron chi connectivity index (χ3n) is 2.48. The molecule has 2 rings (SSSR count). The Hall–Kier alpha value is -2.12. The Balaban J connectivity index is 2.19. The summed E-state index contributed by atoms with van der Waals surface area (Å²) in [4.78, 5) is 10.0. The molecule has 1 aromatic heterocycles. The minimum absolute atomic E-state index is 0.328. The van der Waals surface area contributed by atoms with Crippen LogP contribution in [-0.4, -0.2) is 17.0 Å². The Bertz CT molecular complexity index is 574. The third-order valence-corrected chi connectivity index (χ3v) is 2.73. The third kappa shape index (κ3) is 2.76. The molecule has 5 heteroatoms. The van der Waals surface area contributed by atoms with Crippen LogP contribution in [0.3, 0.4) is 0 Å².